The summed E-state index contributed by atoms with van der Waals surface area (Å²) < 4.78 is 6.56. The standard InChI is InChI=1S/C18H33NO/c1-3-12-19-14-17(2,15-6-7-15)13-16-8-11-18(20-16)9-4-5-10-18/h15-16,19H,3-14H2,1-2H3. The minimum Gasteiger partial charge on any atom is -0.372 e. The highest BCUT2D eigenvalue weighted by molar-refractivity contribution is 4.98. The van der Waals surface area contributed by atoms with Crippen LogP contribution in [-0.4, -0.2) is 24.8 Å². The van der Waals surface area contributed by atoms with Crippen LogP contribution in [0.4, 0.5) is 0 Å². The lowest BCUT2D eigenvalue weighted by Gasteiger charge is -2.34. The second kappa shape index (κ2) is 5.96. The largest absolute Gasteiger partial charge is 0.372 e. The van der Waals surface area contributed by atoms with Crippen LogP contribution >= 0.6 is 0 Å². The molecule has 116 valence electrons. The van der Waals surface area contributed by atoms with E-state index in [9.17, 15) is 0 Å². The second-order valence-electron chi connectivity index (χ2n) is 7.98. The molecule has 0 aromatic heterocycles. The molecule has 2 saturated carbocycles. The Balaban J connectivity index is 1.54. The molecule has 0 radical (unpaired) electrons. The Morgan fingerprint density at radius 2 is 1.90 bits per heavy atom. The fourth-order valence-corrected chi connectivity index (χ4v) is 4.66. The van der Waals surface area contributed by atoms with E-state index in [-0.39, 0.29) is 0 Å². The monoisotopic (exact) mass is 279 g/mol. The molecule has 2 unspecified atom stereocenters. The Labute approximate surface area is 125 Å². The zero-order valence-corrected chi connectivity index (χ0v) is 13.5. The van der Waals surface area contributed by atoms with E-state index in [4.69, 9.17) is 4.74 Å². The maximum atomic E-state index is 6.56. The van der Waals surface area contributed by atoms with Gasteiger partial charge in [-0.3, -0.25) is 0 Å². The molecular weight excluding hydrogens is 246 g/mol. The quantitative estimate of drug-likeness (QED) is 0.702. The summed E-state index contributed by atoms with van der Waals surface area (Å²) in [6.45, 7) is 7.12. The van der Waals surface area contributed by atoms with E-state index >= 15 is 0 Å². The first-order chi connectivity index (χ1) is 9.66. The van der Waals surface area contributed by atoms with Gasteiger partial charge in [0.1, 0.15) is 0 Å². The topological polar surface area (TPSA) is 21.3 Å². The number of rotatable bonds is 7. The van der Waals surface area contributed by atoms with Crippen molar-refractivity contribution in [1.29, 1.82) is 0 Å². The minimum atomic E-state index is 0.311. The van der Waals surface area contributed by atoms with Crippen LogP contribution in [0, 0.1) is 11.3 Å². The molecule has 0 bridgehead atoms. The van der Waals surface area contributed by atoms with Crippen LogP contribution in [0.15, 0.2) is 0 Å². The molecule has 0 amide bonds. The van der Waals surface area contributed by atoms with Crippen molar-refractivity contribution in [3.63, 3.8) is 0 Å². The van der Waals surface area contributed by atoms with E-state index in [2.05, 4.69) is 19.2 Å². The van der Waals surface area contributed by atoms with Gasteiger partial charge in [0.2, 0.25) is 0 Å². The molecule has 0 aromatic rings. The molecule has 3 rings (SSSR count). The highest BCUT2D eigenvalue weighted by Gasteiger charge is 2.47. The Bertz CT molecular complexity index is 319. The van der Waals surface area contributed by atoms with Gasteiger partial charge in [-0.05, 0) is 69.2 Å². The maximum absolute atomic E-state index is 6.56. The summed E-state index contributed by atoms with van der Waals surface area (Å²) in [5.41, 5.74) is 0.788. The van der Waals surface area contributed by atoms with Crippen LogP contribution in [-0.2, 0) is 4.74 Å². The van der Waals surface area contributed by atoms with Crippen molar-refractivity contribution in [3.8, 4) is 0 Å². The molecule has 2 atom stereocenters. The van der Waals surface area contributed by atoms with Crippen molar-refractivity contribution in [2.24, 2.45) is 11.3 Å². The molecule has 2 heteroatoms. The number of ether oxygens (including phenoxy) is 1. The van der Waals surface area contributed by atoms with E-state index in [0.29, 0.717) is 17.1 Å². The number of hydrogen-bond acceptors (Lipinski definition) is 2. The van der Waals surface area contributed by atoms with Gasteiger partial charge in [0.15, 0.2) is 0 Å². The fraction of sp³-hybridized carbons (Fsp3) is 1.00. The Kier molecular flexibility index (Phi) is 4.42. The summed E-state index contributed by atoms with van der Waals surface area (Å²) in [6.07, 6.45) is 14.1. The molecule has 1 spiro atoms. The average Bonchev–Trinajstić information content (AvgIpc) is 3.10. The van der Waals surface area contributed by atoms with E-state index in [1.54, 1.807) is 0 Å². The minimum absolute atomic E-state index is 0.311. The third kappa shape index (κ3) is 3.22. The lowest BCUT2D eigenvalue weighted by molar-refractivity contribution is -0.0540. The van der Waals surface area contributed by atoms with E-state index in [1.165, 1.54) is 70.8 Å². The van der Waals surface area contributed by atoms with Crippen LogP contribution in [0.3, 0.4) is 0 Å². The lowest BCUT2D eigenvalue weighted by atomic mass is 9.79. The predicted molar refractivity (Wildman–Crippen MR) is 83.9 cm³/mol. The van der Waals surface area contributed by atoms with Gasteiger partial charge in [-0.15, -0.1) is 0 Å². The van der Waals surface area contributed by atoms with Gasteiger partial charge < -0.3 is 10.1 Å². The van der Waals surface area contributed by atoms with E-state index in [1.807, 2.05) is 0 Å². The lowest BCUT2D eigenvalue weighted by Crippen LogP contribution is -2.37. The van der Waals surface area contributed by atoms with Crippen molar-refractivity contribution in [2.45, 2.75) is 89.8 Å². The van der Waals surface area contributed by atoms with Gasteiger partial charge in [0.25, 0.3) is 0 Å². The molecule has 3 fully saturated rings. The average molecular weight is 279 g/mol. The summed E-state index contributed by atoms with van der Waals surface area (Å²) >= 11 is 0. The van der Waals surface area contributed by atoms with Crippen molar-refractivity contribution in [1.82, 2.24) is 5.32 Å². The Hall–Kier alpha value is -0.0800. The van der Waals surface area contributed by atoms with E-state index < -0.39 is 0 Å². The predicted octanol–water partition coefficient (Wildman–Crippen LogP) is 4.28. The summed E-state index contributed by atoms with van der Waals surface area (Å²) in [4.78, 5) is 0. The third-order valence-electron chi connectivity index (χ3n) is 6.07. The van der Waals surface area contributed by atoms with Crippen LogP contribution in [0.2, 0.25) is 0 Å². The second-order valence-corrected chi connectivity index (χ2v) is 7.98. The molecule has 2 nitrogen and oxygen atoms in total. The van der Waals surface area contributed by atoms with Gasteiger partial charge >= 0.3 is 0 Å². The number of hydrogen-bond donors (Lipinski definition) is 1. The highest BCUT2D eigenvalue weighted by Crippen LogP contribution is 2.51. The van der Waals surface area contributed by atoms with Crippen LogP contribution in [0.5, 0.6) is 0 Å². The van der Waals surface area contributed by atoms with Gasteiger partial charge in [0.05, 0.1) is 11.7 Å². The molecule has 2 aliphatic carbocycles. The zero-order chi connectivity index (χ0) is 14.1. The van der Waals surface area contributed by atoms with Crippen molar-refractivity contribution in [3.05, 3.63) is 0 Å². The zero-order valence-electron chi connectivity index (χ0n) is 13.5. The van der Waals surface area contributed by atoms with Crippen molar-refractivity contribution in [2.75, 3.05) is 13.1 Å². The molecule has 1 aliphatic heterocycles. The van der Waals surface area contributed by atoms with Crippen LogP contribution in [0.1, 0.15) is 78.1 Å². The van der Waals surface area contributed by atoms with Gasteiger partial charge in [-0.2, -0.15) is 0 Å². The van der Waals surface area contributed by atoms with Gasteiger partial charge in [-0.25, -0.2) is 0 Å². The van der Waals surface area contributed by atoms with Gasteiger partial charge in [-0.1, -0.05) is 26.7 Å². The maximum Gasteiger partial charge on any atom is 0.0687 e. The van der Waals surface area contributed by atoms with Gasteiger partial charge in [0, 0.05) is 6.54 Å². The normalized spacial score (nSPS) is 31.8. The first-order valence-corrected chi connectivity index (χ1v) is 9.04. The fourth-order valence-electron chi connectivity index (χ4n) is 4.66. The smallest absolute Gasteiger partial charge is 0.0687 e. The third-order valence-corrected chi connectivity index (χ3v) is 6.07. The van der Waals surface area contributed by atoms with Crippen LogP contribution < -0.4 is 5.32 Å². The first kappa shape index (κ1) is 14.8. The van der Waals surface area contributed by atoms with Crippen molar-refractivity contribution >= 4 is 0 Å². The molecule has 1 saturated heterocycles. The molecular formula is C18H33NO. The molecule has 0 aromatic carbocycles. The molecule has 20 heavy (non-hydrogen) atoms. The SMILES string of the molecule is CCCNCC(C)(CC1CCC2(CCCC2)O1)C1CC1. The van der Waals surface area contributed by atoms with Crippen molar-refractivity contribution < 1.29 is 4.74 Å². The Morgan fingerprint density at radius 3 is 2.55 bits per heavy atom. The summed E-state index contributed by atoms with van der Waals surface area (Å²) in [7, 11) is 0. The summed E-state index contributed by atoms with van der Waals surface area (Å²) in [5.74, 6) is 0.954. The first-order valence-electron chi connectivity index (χ1n) is 9.04. The molecule has 3 aliphatic rings. The molecule has 1 heterocycles. The van der Waals surface area contributed by atoms with Crippen LogP contribution in [0.25, 0.3) is 0 Å². The number of nitrogens with one attached hydrogen (secondary N) is 1. The highest BCUT2D eigenvalue weighted by atomic mass is 16.5. The summed E-state index contributed by atoms with van der Waals surface area (Å²) in [5, 5.41) is 3.68. The Morgan fingerprint density at radius 1 is 1.15 bits per heavy atom. The molecule has 1 N–H and O–H groups in total. The van der Waals surface area contributed by atoms with E-state index in [0.717, 1.165) is 12.5 Å². The summed E-state index contributed by atoms with van der Waals surface area (Å²) in [6, 6.07) is 0.